The van der Waals surface area contributed by atoms with Crippen LogP contribution in [0.1, 0.15) is 31.0 Å². The van der Waals surface area contributed by atoms with Crippen LogP contribution >= 0.6 is 0 Å². The van der Waals surface area contributed by atoms with Crippen molar-refractivity contribution in [1.29, 1.82) is 0 Å². The van der Waals surface area contributed by atoms with Crippen molar-refractivity contribution in [2.24, 2.45) is 0 Å². The van der Waals surface area contributed by atoms with Crippen molar-refractivity contribution in [2.45, 2.75) is 31.8 Å². The van der Waals surface area contributed by atoms with Gasteiger partial charge in [0.15, 0.2) is 11.5 Å². The Balaban J connectivity index is 0.00000245. The van der Waals surface area contributed by atoms with Crippen LogP contribution in [0.15, 0.2) is 60.7 Å². The predicted molar refractivity (Wildman–Crippen MR) is 122 cm³/mol. The van der Waals surface area contributed by atoms with Crippen LogP contribution in [0, 0.1) is 6.92 Å². The van der Waals surface area contributed by atoms with Crippen LogP contribution in [0.4, 0.5) is 5.69 Å². The second-order valence-corrected chi connectivity index (χ2v) is 8.26. The summed E-state index contributed by atoms with van der Waals surface area (Å²) >= 11 is 0. The minimum atomic E-state index is -0.492. The summed E-state index contributed by atoms with van der Waals surface area (Å²) in [4.78, 5) is 13.2. The minimum Gasteiger partial charge on any atom is -0.454 e. The first-order valence-electron chi connectivity index (χ1n) is 10.5. The zero-order valence-corrected chi connectivity index (χ0v) is 17.7. The predicted octanol–water partition coefficient (Wildman–Crippen LogP) is 5.45. The number of aryl methyl sites for hydroxylation is 1. The molecule has 1 heterocycles. The summed E-state index contributed by atoms with van der Waals surface area (Å²) in [5.41, 5.74) is 5.81. The molecule has 0 unspecified atom stereocenters. The molecule has 3 aromatic rings. The molecule has 2 aliphatic rings. The molecule has 160 valence electrons. The number of benzene rings is 3. The summed E-state index contributed by atoms with van der Waals surface area (Å²) < 4.78 is 16.1. The Hall–Kier alpha value is -3.31. The van der Waals surface area contributed by atoms with Crippen LogP contribution in [-0.4, -0.2) is 19.8 Å². The van der Waals surface area contributed by atoms with E-state index in [0.717, 1.165) is 52.1 Å². The third-order valence-corrected chi connectivity index (χ3v) is 6.18. The fraction of sp³-hybridized carbons (Fsp3) is 0.269. The molecule has 0 radical (unpaired) electrons. The van der Waals surface area contributed by atoms with Crippen molar-refractivity contribution < 1.29 is 20.4 Å². The zero-order valence-electron chi connectivity index (χ0n) is 17.7. The highest BCUT2D eigenvalue weighted by molar-refractivity contribution is 6.02. The Morgan fingerprint density at radius 2 is 1.81 bits per heavy atom. The van der Waals surface area contributed by atoms with Gasteiger partial charge in [0, 0.05) is 14.2 Å². The van der Waals surface area contributed by atoms with Gasteiger partial charge in [-0.05, 0) is 71.8 Å². The molecule has 1 amide bonds. The Kier molecular flexibility index (Phi) is 4.91. The van der Waals surface area contributed by atoms with E-state index in [1.165, 1.54) is 0 Å². The summed E-state index contributed by atoms with van der Waals surface area (Å²) in [7, 11) is 1.69. The SMILES string of the molecule is COCc1ccc(-c2cc(NC(=O)C3(c4ccc5c(c4)OCO5)CC3)ccc2C)cc1.[HH]. The van der Waals surface area contributed by atoms with Crippen LogP contribution < -0.4 is 14.8 Å². The minimum absolute atomic E-state index is 0. The Labute approximate surface area is 183 Å². The lowest BCUT2D eigenvalue weighted by Crippen LogP contribution is -2.27. The lowest BCUT2D eigenvalue weighted by molar-refractivity contribution is -0.118. The standard InChI is InChI=1S/C26H25NO4.H2/c1-17-3-9-21(14-22(17)19-6-4-18(5-7-19)15-29-2)27-25(28)26(11-12-26)20-8-10-23-24(13-20)31-16-30-23;/h3-10,13-14H,11-12,15-16H2,1-2H3,(H,27,28);1H. The van der Waals surface area contributed by atoms with Crippen LogP contribution in [0.3, 0.4) is 0 Å². The number of rotatable bonds is 6. The van der Waals surface area contributed by atoms with Gasteiger partial charge in [0.1, 0.15) is 0 Å². The maximum atomic E-state index is 13.2. The maximum absolute atomic E-state index is 13.2. The first kappa shape index (κ1) is 19.6. The lowest BCUT2D eigenvalue weighted by Gasteiger charge is -2.17. The zero-order chi connectivity index (χ0) is 21.4. The van der Waals surface area contributed by atoms with Gasteiger partial charge in [-0.25, -0.2) is 0 Å². The van der Waals surface area contributed by atoms with Gasteiger partial charge < -0.3 is 19.5 Å². The molecule has 5 heteroatoms. The van der Waals surface area contributed by atoms with Crippen molar-refractivity contribution in [3.8, 4) is 22.6 Å². The number of hydrogen-bond acceptors (Lipinski definition) is 4. The van der Waals surface area contributed by atoms with E-state index < -0.39 is 5.41 Å². The van der Waals surface area contributed by atoms with Gasteiger partial charge in [-0.15, -0.1) is 0 Å². The molecule has 0 bridgehead atoms. The number of ether oxygens (including phenoxy) is 3. The van der Waals surface area contributed by atoms with E-state index in [4.69, 9.17) is 14.2 Å². The molecular formula is C26H27NO4. The number of carbonyl (C=O) groups is 1. The number of methoxy groups -OCH3 is 1. The summed E-state index contributed by atoms with van der Waals surface area (Å²) in [5, 5.41) is 3.15. The first-order chi connectivity index (χ1) is 15.1. The number of fused-ring (bicyclic) bond motifs is 1. The lowest BCUT2D eigenvalue weighted by atomic mass is 9.94. The average molecular weight is 418 g/mol. The molecule has 1 N–H and O–H groups in total. The number of nitrogens with one attached hydrogen (secondary N) is 1. The number of hydrogen-bond donors (Lipinski definition) is 1. The molecule has 1 aliphatic heterocycles. The molecule has 5 nitrogen and oxygen atoms in total. The molecule has 3 aromatic carbocycles. The molecule has 1 fully saturated rings. The molecule has 0 saturated heterocycles. The molecule has 0 atom stereocenters. The van der Waals surface area contributed by atoms with Gasteiger partial charge in [0.2, 0.25) is 12.7 Å². The van der Waals surface area contributed by atoms with E-state index >= 15 is 0 Å². The third kappa shape index (κ3) is 3.66. The quantitative estimate of drug-likeness (QED) is 0.579. The van der Waals surface area contributed by atoms with Crippen LogP contribution in [0.25, 0.3) is 11.1 Å². The fourth-order valence-corrected chi connectivity index (χ4v) is 4.17. The highest BCUT2D eigenvalue weighted by Crippen LogP contribution is 2.51. The average Bonchev–Trinajstić information content (AvgIpc) is 3.47. The van der Waals surface area contributed by atoms with Gasteiger partial charge in [-0.2, -0.15) is 0 Å². The normalized spacial score (nSPS) is 15.5. The number of carbonyl (C=O) groups excluding carboxylic acids is 1. The van der Waals surface area contributed by atoms with E-state index in [0.29, 0.717) is 12.4 Å². The van der Waals surface area contributed by atoms with E-state index in [1.54, 1.807) is 7.11 Å². The van der Waals surface area contributed by atoms with Crippen molar-refractivity contribution in [2.75, 3.05) is 19.2 Å². The largest absolute Gasteiger partial charge is 0.454 e. The van der Waals surface area contributed by atoms with Gasteiger partial charge >= 0.3 is 0 Å². The van der Waals surface area contributed by atoms with E-state index in [9.17, 15) is 4.79 Å². The van der Waals surface area contributed by atoms with E-state index in [2.05, 4.69) is 36.5 Å². The van der Waals surface area contributed by atoms with Crippen LogP contribution in [-0.2, 0) is 21.6 Å². The monoisotopic (exact) mass is 417 g/mol. The Morgan fingerprint density at radius 3 is 2.55 bits per heavy atom. The van der Waals surface area contributed by atoms with Crippen molar-refractivity contribution in [3.05, 3.63) is 77.4 Å². The van der Waals surface area contributed by atoms with E-state index in [1.807, 2.05) is 36.4 Å². The fourth-order valence-electron chi connectivity index (χ4n) is 4.17. The van der Waals surface area contributed by atoms with Crippen molar-refractivity contribution >= 4 is 11.6 Å². The third-order valence-electron chi connectivity index (χ3n) is 6.18. The highest BCUT2D eigenvalue weighted by atomic mass is 16.7. The van der Waals surface area contributed by atoms with Crippen LogP contribution in [0.5, 0.6) is 11.5 Å². The summed E-state index contributed by atoms with van der Waals surface area (Å²) in [6.45, 7) is 2.91. The van der Waals surface area contributed by atoms with E-state index in [-0.39, 0.29) is 14.1 Å². The Bertz CT molecular complexity index is 1140. The molecular weight excluding hydrogens is 390 g/mol. The maximum Gasteiger partial charge on any atom is 0.235 e. The second kappa shape index (κ2) is 7.75. The smallest absolute Gasteiger partial charge is 0.235 e. The summed E-state index contributed by atoms with van der Waals surface area (Å²) in [6, 6.07) is 20.2. The molecule has 0 spiro atoms. The second-order valence-electron chi connectivity index (χ2n) is 8.26. The molecule has 1 saturated carbocycles. The molecule has 31 heavy (non-hydrogen) atoms. The van der Waals surface area contributed by atoms with Gasteiger partial charge in [-0.3, -0.25) is 4.79 Å². The summed E-state index contributed by atoms with van der Waals surface area (Å²) in [6.07, 6.45) is 1.66. The Morgan fingerprint density at radius 1 is 1.03 bits per heavy atom. The van der Waals surface area contributed by atoms with Crippen molar-refractivity contribution in [1.82, 2.24) is 0 Å². The summed E-state index contributed by atoms with van der Waals surface area (Å²) in [5.74, 6) is 1.47. The van der Waals surface area contributed by atoms with Crippen molar-refractivity contribution in [3.63, 3.8) is 0 Å². The number of anilines is 1. The van der Waals surface area contributed by atoms with Crippen LogP contribution in [0.2, 0.25) is 0 Å². The molecule has 1 aliphatic carbocycles. The molecule has 5 rings (SSSR count). The topological polar surface area (TPSA) is 56.8 Å². The first-order valence-corrected chi connectivity index (χ1v) is 10.5. The van der Waals surface area contributed by atoms with Gasteiger partial charge in [0.05, 0.1) is 12.0 Å². The molecule has 0 aromatic heterocycles. The van der Waals surface area contributed by atoms with Gasteiger partial charge in [0.25, 0.3) is 0 Å². The van der Waals surface area contributed by atoms with Gasteiger partial charge in [-0.1, -0.05) is 36.4 Å². The number of amides is 1. The highest BCUT2D eigenvalue weighted by Gasteiger charge is 2.51.